The summed E-state index contributed by atoms with van der Waals surface area (Å²) < 4.78 is 44.5. The standard InChI is InChI=1S/C23H19FN2O3S/c1-15-11-12-17(14-19(15)24)23-22(18-9-5-6-10-20(18)30(25,27)28)26-21(29-23)13-16-7-3-2-4-8-16/h2-12,14H,13H2,1H3,(H2,25,27,28). The van der Waals surface area contributed by atoms with Gasteiger partial charge in [0.15, 0.2) is 11.7 Å². The van der Waals surface area contributed by atoms with Gasteiger partial charge in [-0.1, -0.05) is 60.7 Å². The zero-order valence-electron chi connectivity index (χ0n) is 16.2. The van der Waals surface area contributed by atoms with Crippen molar-refractivity contribution in [2.24, 2.45) is 5.14 Å². The summed E-state index contributed by atoms with van der Waals surface area (Å²) in [6.07, 6.45) is 0.403. The lowest BCUT2D eigenvalue weighted by Gasteiger charge is -2.07. The molecule has 0 aliphatic heterocycles. The van der Waals surface area contributed by atoms with Gasteiger partial charge >= 0.3 is 0 Å². The van der Waals surface area contributed by atoms with Gasteiger partial charge in [-0.3, -0.25) is 0 Å². The van der Waals surface area contributed by atoms with Crippen LogP contribution in [0.5, 0.6) is 0 Å². The second-order valence-electron chi connectivity index (χ2n) is 6.95. The summed E-state index contributed by atoms with van der Waals surface area (Å²) >= 11 is 0. The monoisotopic (exact) mass is 422 g/mol. The second-order valence-corrected chi connectivity index (χ2v) is 8.48. The number of aromatic nitrogens is 1. The van der Waals surface area contributed by atoms with E-state index in [0.29, 0.717) is 34.7 Å². The Balaban J connectivity index is 1.92. The Morgan fingerprint density at radius 1 is 1.00 bits per heavy atom. The van der Waals surface area contributed by atoms with E-state index in [-0.39, 0.29) is 16.5 Å². The zero-order chi connectivity index (χ0) is 21.3. The Bertz CT molecular complexity index is 1320. The number of oxazole rings is 1. The molecular formula is C23H19FN2O3S. The van der Waals surface area contributed by atoms with E-state index in [0.717, 1.165) is 5.56 Å². The molecule has 0 spiro atoms. The van der Waals surface area contributed by atoms with Crippen LogP contribution in [0, 0.1) is 12.7 Å². The van der Waals surface area contributed by atoms with Crippen LogP contribution in [0.15, 0.2) is 82.1 Å². The number of benzene rings is 3. The Morgan fingerprint density at radius 2 is 1.70 bits per heavy atom. The van der Waals surface area contributed by atoms with Crippen molar-refractivity contribution in [1.82, 2.24) is 4.98 Å². The van der Waals surface area contributed by atoms with Gasteiger partial charge in [-0.2, -0.15) is 0 Å². The third kappa shape index (κ3) is 4.03. The minimum Gasteiger partial charge on any atom is -0.440 e. The van der Waals surface area contributed by atoms with E-state index >= 15 is 0 Å². The van der Waals surface area contributed by atoms with Crippen LogP contribution in [0.3, 0.4) is 0 Å². The fourth-order valence-electron chi connectivity index (χ4n) is 3.23. The van der Waals surface area contributed by atoms with Crippen LogP contribution in [-0.4, -0.2) is 13.4 Å². The molecule has 5 nitrogen and oxygen atoms in total. The molecular weight excluding hydrogens is 403 g/mol. The second kappa shape index (κ2) is 7.85. The Morgan fingerprint density at radius 3 is 2.40 bits per heavy atom. The quantitative estimate of drug-likeness (QED) is 0.505. The number of aryl methyl sites for hydroxylation is 1. The van der Waals surface area contributed by atoms with Crippen molar-refractivity contribution in [3.8, 4) is 22.6 Å². The smallest absolute Gasteiger partial charge is 0.238 e. The third-order valence-electron chi connectivity index (χ3n) is 4.75. The molecule has 2 N–H and O–H groups in total. The van der Waals surface area contributed by atoms with Crippen molar-refractivity contribution < 1.29 is 17.2 Å². The van der Waals surface area contributed by atoms with Crippen LogP contribution in [-0.2, 0) is 16.4 Å². The average molecular weight is 422 g/mol. The largest absolute Gasteiger partial charge is 0.440 e. The van der Waals surface area contributed by atoms with E-state index < -0.39 is 10.0 Å². The van der Waals surface area contributed by atoms with Crippen molar-refractivity contribution in [2.75, 3.05) is 0 Å². The molecule has 30 heavy (non-hydrogen) atoms. The maximum absolute atomic E-state index is 14.2. The van der Waals surface area contributed by atoms with Gasteiger partial charge in [-0.15, -0.1) is 0 Å². The molecule has 0 amide bonds. The summed E-state index contributed by atoms with van der Waals surface area (Å²) in [5, 5.41) is 5.41. The van der Waals surface area contributed by atoms with Crippen molar-refractivity contribution in [3.05, 3.63) is 95.6 Å². The predicted octanol–water partition coefficient (Wildman–Crippen LogP) is 4.69. The molecule has 0 fully saturated rings. The molecule has 1 aromatic heterocycles. The summed E-state index contributed by atoms with van der Waals surface area (Å²) in [6, 6.07) is 20.6. The van der Waals surface area contributed by atoms with E-state index in [1.54, 1.807) is 37.3 Å². The maximum atomic E-state index is 14.2. The summed E-state index contributed by atoms with van der Waals surface area (Å²) in [4.78, 5) is 4.50. The molecule has 0 atom stereocenters. The highest BCUT2D eigenvalue weighted by molar-refractivity contribution is 7.89. The van der Waals surface area contributed by atoms with E-state index in [1.807, 2.05) is 30.3 Å². The Hall–Kier alpha value is -3.29. The van der Waals surface area contributed by atoms with Gasteiger partial charge < -0.3 is 4.42 Å². The molecule has 0 saturated carbocycles. The maximum Gasteiger partial charge on any atom is 0.238 e. The van der Waals surface area contributed by atoms with Gasteiger partial charge in [0.1, 0.15) is 11.5 Å². The summed E-state index contributed by atoms with van der Waals surface area (Å²) in [6.45, 7) is 1.66. The molecule has 0 aliphatic rings. The number of rotatable bonds is 5. The zero-order valence-corrected chi connectivity index (χ0v) is 17.0. The lowest BCUT2D eigenvalue weighted by atomic mass is 10.0. The molecule has 7 heteroatoms. The number of nitrogens with two attached hydrogens (primary N) is 1. The third-order valence-corrected chi connectivity index (χ3v) is 5.72. The number of halogens is 1. The fourth-order valence-corrected chi connectivity index (χ4v) is 3.97. The van der Waals surface area contributed by atoms with Crippen molar-refractivity contribution in [2.45, 2.75) is 18.2 Å². The first kappa shape index (κ1) is 20.0. The van der Waals surface area contributed by atoms with E-state index in [1.165, 1.54) is 12.1 Å². The highest BCUT2D eigenvalue weighted by Crippen LogP contribution is 2.36. The fraction of sp³-hybridized carbons (Fsp3) is 0.0870. The summed E-state index contributed by atoms with van der Waals surface area (Å²) in [5.41, 5.74) is 2.54. The normalized spacial score (nSPS) is 11.6. The summed E-state index contributed by atoms with van der Waals surface area (Å²) in [5.74, 6) is 0.284. The molecule has 0 saturated heterocycles. The van der Waals surface area contributed by atoms with Gasteiger partial charge in [0.25, 0.3) is 0 Å². The molecule has 0 aliphatic carbocycles. The van der Waals surface area contributed by atoms with Crippen molar-refractivity contribution in [1.29, 1.82) is 0 Å². The first-order valence-corrected chi connectivity index (χ1v) is 10.8. The first-order valence-electron chi connectivity index (χ1n) is 9.25. The van der Waals surface area contributed by atoms with Crippen LogP contribution in [0.2, 0.25) is 0 Å². The predicted molar refractivity (Wildman–Crippen MR) is 113 cm³/mol. The van der Waals surface area contributed by atoms with Crippen molar-refractivity contribution >= 4 is 10.0 Å². The highest BCUT2D eigenvalue weighted by atomic mass is 32.2. The highest BCUT2D eigenvalue weighted by Gasteiger charge is 2.23. The van der Waals surface area contributed by atoms with Crippen LogP contribution < -0.4 is 5.14 Å². The first-order chi connectivity index (χ1) is 14.3. The lowest BCUT2D eigenvalue weighted by Crippen LogP contribution is -2.13. The number of sulfonamides is 1. The molecule has 0 unspecified atom stereocenters. The van der Waals surface area contributed by atoms with E-state index in [2.05, 4.69) is 4.98 Å². The van der Waals surface area contributed by atoms with Gasteiger partial charge in [0.2, 0.25) is 10.0 Å². The number of hydrogen-bond donors (Lipinski definition) is 1. The number of hydrogen-bond acceptors (Lipinski definition) is 4. The summed E-state index contributed by atoms with van der Waals surface area (Å²) in [7, 11) is -4.00. The number of primary sulfonamides is 1. The van der Waals surface area contributed by atoms with Gasteiger partial charge in [0, 0.05) is 17.5 Å². The lowest BCUT2D eigenvalue weighted by molar-refractivity contribution is 0.518. The minimum atomic E-state index is -4.00. The SMILES string of the molecule is Cc1ccc(-c2oc(Cc3ccccc3)nc2-c2ccccc2S(N)(=O)=O)cc1F. The molecule has 1 heterocycles. The van der Waals surface area contributed by atoms with Crippen LogP contribution >= 0.6 is 0 Å². The van der Waals surface area contributed by atoms with Crippen LogP contribution in [0.25, 0.3) is 22.6 Å². The molecule has 4 rings (SSSR count). The molecule has 152 valence electrons. The van der Waals surface area contributed by atoms with Crippen molar-refractivity contribution in [3.63, 3.8) is 0 Å². The van der Waals surface area contributed by atoms with Gasteiger partial charge in [-0.05, 0) is 30.2 Å². The molecule has 3 aromatic carbocycles. The minimum absolute atomic E-state index is 0.0709. The van der Waals surface area contributed by atoms with Crippen LogP contribution in [0.4, 0.5) is 4.39 Å². The molecule has 0 radical (unpaired) electrons. The van der Waals surface area contributed by atoms with Crippen LogP contribution in [0.1, 0.15) is 17.0 Å². The van der Waals surface area contributed by atoms with Gasteiger partial charge in [0.05, 0.1) is 4.90 Å². The topological polar surface area (TPSA) is 86.2 Å². The Labute approximate surface area is 174 Å². The molecule has 0 bridgehead atoms. The van der Waals surface area contributed by atoms with E-state index in [9.17, 15) is 12.8 Å². The van der Waals surface area contributed by atoms with E-state index in [4.69, 9.17) is 9.56 Å². The Kier molecular flexibility index (Phi) is 5.24. The average Bonchev–Trinajstić information content (AvgIpc) is 3.14. The molecule has 4 aromatic rings. The number of nitrogens with zero attached hydrogens (tertiary/aromatic N) is 1. The van der Waals surface area contributed by atoms with Gasteiger partial charge in [-0.25, -0.2) is 22.9 Å².